The number of halogens is 1. The van der Waals surface area contributed by atoms with Gasteiger partial charge in [0.2, 0.25) is 0 Å². The van der Waals surface area contributed by atoms with Gasteiger partial charge in [0.15, 0.2) is 11.7 Å². The van der Waals surface area contributed by atoms with Crippen molar-refractivity contribution in [3.63, 3.8) is 0 Å². The third-order valence-corrected chi connectivity index (χ3v) is 5.62. The molecule has 0 bridgehead atoms. The second-order valence-electron chi connectivity index (χ2n) is 7.72. The molecule has 0 atom stereocenters. The number of aromatic nitrogens is 2. The van der Waals surface area contributed by atoms with E-state index >= 15 is 0 Å². The number of hydrogen-bond donors (Lipinski definition) is 0. The molecule has 0 spiro atoms. The van der Waals surface area contributed by atoms with Crippen LogP contribution in [0.2, 0.25) is 5.02 Å². The number of carbonyl (C=O) groups excluding carboxylic acids is 1. The summed E-state index contributed by atoms with van der Waals surface area (Å²) in [5.74, 6) is 2.31. The van der Waals surface area contributed by atoms with Crippen LogP contribution in [0.1, 0.15) is 47.5 Å². The molecule has 0 N–H and O–H groups in total. The molecule has 4 aromatic rings. The number of benzene rings is 1. The molecule has 4 heterocycles. The van der Waals surface area contributed by atoms with Gasteiger partial charge in [-0.2, -0.15) is 0 Å². The van der Waals surface area contributed by atoms with Gasteiger partial charge in [0.05, 0.1) is 28.9 Å². The topological polar surface area (TPSA) is 72.4 Å². The van der Waals surface area contributed by atoms with Crippen LogP contribution in [0.25, 0.3) is 22.4 Å². The molecule has 1 aromatic carbocycles. The van der Waals surface area contributed by atoms with E-state index in [9.17, 15) is 4.79 Å². The molecule has 0 saturated heterocycles. The standard InChI is InChI=1S/C23H20ClN3O3/c1-13(2)22-26-18-12-27(9-8-20(18)30-22)23(28)15-11-17(19-7-4-10-29-19)25-21-14(15)5-3-6-16(21)24/h3-7,10-11,13H,8-9,12H2,1-2H3. The van der Waals surface area contributed by atoms with Crippen molar-refractivity contribution in [2.45, 2.75) is 32.7 Å². The second kappa shape index (κ2) is 7.29. The van der Waals surface area contributed by atoms with Crippen LogP contribution in [-0.2, 0) is 13.0 Å². The number of amides is 1. The average Bonchev–Trinajstić information content (AvgIpc) is 3.42. The van der Waals surface area contributed by atoms with Crippen LogP contribution >= 0.6 is 11.6 Å². The number of fused-ring (bicyclic) bond motifs is 2. The molecule has 1 aliphatic rings. The first-order chi connectivity index (χ1) is 14.5. The molecule has 0 saturated carbocycles. The lowest BCUT2D eigenvalue weighted by Crippen LogP contribution is -2.36. The third kappa shape index (κ3) is 3.17. The van der Waals surface area contributed by atoms with Gasteiger partial charge in [-0.15, -0.1) is 0 Å². The second-order valence-corrected chi connectivity index (χ2v) is 8.13. The minimum absolute atomic E-state index is 0.0859. The summed E-state index contributed by atoms with van der Waals surface area (Å²) in [6.45, 7) is 5.08. The Labute approximate surface area is 178 Å². The van der Waals surface area contributed by atoms with E-state index in [1.165, 1.54) is 0 Å². The number of para-hydroxylation sites is 1. The van der Waals surface area contributed by atoms with Gasteiger partial charge in [0.1, 0.15) is 17.1 Å². The van der Waals surface area contributed by atoms with Gasteiger partial charge >= 0.3 is 0 Å². The highest BCUT2D eigenvalue weighted by molar-refractivity contribution is 6.35. The van der Waals surface area contributed by atoms with E-state index in [-0.39, 0.29) is 11.8 Å². The molecule has 1 amide bonds. The van der Waals surface area contributed by atoms with Crippen LogP contribution in [0.15, 0.2) is 51.5 Å². The number of rotatable bonds is 3. The Morgan fingerprint density at radius 3 is 2.83 bits per heavy atom. The lowest BCUT2D eigenvalue weighted by Gasteiger charge is -2.26. The number of furan rings is 1. The van der Waals surface area contributed by atoms with Gasteiger partial charge in [-0.1, -0.05) is 37.6 Å². The molecule has 0 aliphatic carbocycles. The van der Waals surface area contributed by atoms with Crippen molar-refractivity contribution in [3.05, 3.63) is 70.6 Å². The van der Waals surface area contributed by atoms with Gasteiger partial charge in [-0.3, -0.25) is 4.79 Å². The van der Waals surface area contributed by atoms with Crippen molar-refractivity contribution in [1.29, 1.82) is 0 Å². The molecule has 0 unspecified atom stereocenters. The minimum Gasteiger partial charge on any atom is -0.463 e. The van der Waals surface area contributed by atoms with E-state index in [1.54, 1.807) is 29.4 Å². The Kier molecular flexibility index (Phi) is 4.59. The van der Waals surface area contributed by atoms with Crippen molar-refractivity contribution in [2.75, 3.05) is 6.54 Å². The van der Waals surface area contributed by atoms with Crippen molar-refractivity contribution in [3.8, 4) is 11.5 Å². The molecule has 0 radical (unpaired) electrons. The van der Waals surface area contributed by atoms with E-state index in [4.69, 9.17) is 20.4 Å². The fourth-order valence-corrected chi connectivity index (χ4v) is 3.97. The fraction of sp³-hybridized carbons (Fsp3) is 0.261. The zero-order chi connectivity index (χ0) is 20.8. The quantitative estimate of drug-likeness (QED) is 0.439. The van der Waals surface area contributed by atoms with Crippen molar-refractivity contribution in [2.24, 2.45) is 0 Å². The van der Waals surface area contributed by atoms with Gasteiger partial charge in [-0.25, -0.2) is 9.97 Å². The summed E-state index contributed by atoms with van der Waals surface area (Å²) in [6.07, 6.45) is 2.23. The van der Waals surface area contributed by atoms with Gasteiger partial charge in [0.25, 0.3) is 5.91 Å². The average molecular weight is 422 g/mol. The molecule has 3 aromatic heterocycles. The predicted octanol–water partition coefficient (Wildman–Crippen LogP) is 5.46. The molecular weight excluding hydrogens is 402 g/mol. The van der Waals surface area contributed by atoms with Gasteiger partial charge < -0.3 is 13.7 Å². The monoisotopic (exact) mass is 421 g/mol. The molecular formula is C23H20ClN3O3. The van der Waals surface area contributed by atoms with Crippen LogP contribution in [0.5, 0.6) is 0 Å². The molecule has 7 heteroatoms. The van der Waals surface area contributed by atoms with E-state index in [0.29, 0.717) is 47.1 Å². The molecule has 30 heavy (non-hydrogen) atoms. The number of hydrogen-bond acceptors (Lipinski definition) is 5. The zero-order valence-corrected chi connectivity index (χ0v) is 17.4. The molecule has 152 valence electrons. The highest BCUT2D eigenvalue weighted by Crippen LogP contribution is 2.31. The minimum atomic E-state index is -0.0859. The van der Waals surface area contributed by atoms with Crippen molar-refractivity contribution in [1.82, 2.24) is 14.9 Å². The number of pyridine rings is 1. The number of nitrogens with zero attached hydrogens (tertiary/aromatic N) is 3. The summed E-state index contributed by atoms with van der Waals surface area (Å²) < 4.78 is 11.4. The maximum atomic E-state index is 13.6. The van der Waals surface area contributed by atoms with Crippen molar-refractivity contribution < 1.29 is 13.6 Å². The van der Waals surface area contributed by atoms with E-state index < -0.39 is 0 Å². The highest BCUT2D eigenvalue weighted by Gasteiger charge is 2.28. The lowest BCUT2D eigenvalue weighted by molar-refractivity contribution is 0.0730. The summed E-state index contributed by atoms with van der Waals surface area (Å²) >= 11 is 6.41. The molecule has 5 rings (SSSR count). The summed E-state index contributed by atoms with van der Waals surface area (Å²) in [6, 6.07) is 10.9. The maximum Gasteiger partial charge on any atom is 0.254 e. The summed E-state index contributed by atoms with van der Waals surface area (Å²) in [5, 5.41) is 1.21. The normalized spacial score (nSPS) is 13.8. The first-order valence-corrected chi connectivity index (χ1v) is 10.3. The Morgan fingerprint density at radius 1 is 1.20 bits per heavy atom. The van der Waals surface area contributed by atoms with Crippen LogP contribution < -0.4 is 0 Å². The van der Waals surface area contributed by atoms with E-state index in [1.807, 2.05) is 32.0 Å². The van der Waals surface area contributed by atoms with Crippen molar-refractivity contribution >= 4 is 28.4 Å². The molecule has 6 nitrogen and oxygen atoms in total. The highest BCUT2D eigenvalue weighted by atomic mass is 35.5. The van der Waals surface area contributed by atoms with Gasteiger partial charge in [-0.05, 0) is 24.3 Å². The van der Waals surface area contributed by atoms with Crippen LogP contribution in [0, 0.1) is 0 Å². The summed E-state index contributed by atoms with van der Waals surface area (Å²) in [4.78, 5) is 24.6. The summed E-state index contributed by atoms with van der Waals surface area (Å²) in [5.41, 5.74) is 2.54. The molecule has 0 fully saturated rings. The van der Waals surface area contributed by atoms with Gasteiger partial charge in [0, 0.05) is 24.3 Å². The maximum absolute atomic E-state index is 13.6. The van der Waals surface area contributed by atoms with E-state index in [0.717, 1.165) is 22.7 Å². The molecule has 1 aliphatic heterocycles. The van der Waals surface area contributed by atoms with Crippen LogP contribution in [-0.4, -0.2) is 27.3 Å². The Hall–Kier alpha value is -3.12. The zero-order valence-electron chi connectivity index (χ0n) is 16.7. The predicted molar refractivity (Wildman–Crippen MR) is 113 cm³/mol. The fourth-order valence-electron chi connectivity index (χ4n) is 3.75. The Balaban J connectivity index is 1.57. The first kappa shape index (κ1) is 18.9. The van der Waals surface area contributed by atoms with Crippen LogP contribution in [0.3, 0.4) is 0 Å². The van der Waals surface area contributed by atoms with Crippen LogP contribution in [0.4, 0.5) is 0 Å². The largest absolute Gasteiger partial charge is 0.463 e. The Bertz CT molecular complexity index is 1240. The number of oxazole rings is 1. The third-order valence-electron chi connectivity index (χ3n) is 5.32. The lowest BCUT2D eigenvalue weighted by atomic mass is 10.0. The smallest absolute Gasteiger partial charge is 0.254 e. The first-order valence-electron chi connectivity index (χ1n) is 9.92. The summed E-state index contributed by atoms with van der Waals surface area (Å²) in [7, 11) is 0. The number of carbonyl (C=O) groups is 1. The Morgan fingerprint density at radius 2 is 2.07 bits per heavy atom. The SMILES string of the molecule is CC(C)c1nc2c(o1)CCN(C(=O)c1cc(-c3ccco3)nc3c(Cl)cccc13)C2. The van der Waals surface area contributed by atoms with E-state index in [2.05, 4.69) is 9.97 Å².